The van der Waals surface area contributed by atoms with Gasteiger partial charge < -0.3 is 10.3 Å². The zero-order valence-electron chi connectivity index (χ0n) is 14.4. The third-order valence-corrected chi connectivity index (χ3v) is 5.09. The van der Waals surface area contributed by atoms with Crippen molar-refractivity contribution in [3.8, 4) is 0 Å². The Morgan fingerprint density at radius 2 is 1.86 bits per heavy atom. The molecule has 0 spiro atoms. The van der Waals surface area contributed by atoms with Crippen molar-refractivity contribution in [3.05, 3.63) is 34.5 Å². The van der Waals surface area contributed by atoms with Crippen LogP contribution in [-0.2, 0) is 26.1 Å². The molecule has 3 nitrogen and oxygen atoms in total. The lowest BCUT2D eigenvalue weighted by atomic mass is 9.99. The summed E-state index contributed by atoms with van der Waals surface area (Å²) in [4.78, 5) is 2.39. The topological polar surface area (TPSA) is 34.2 Å². The highest BCUT2D eigenvalue weighted by atomic mass is 15.1. The first-order valence-electron chi connectivity index (χ1n) is 8.62. The van der Waals surface area contributed by atoms with E-state index in [1.54, 1.807) is 0 Å². The maximum absolute atomic E-state index is 6.27. The fourth-order valence-corrected chi connectivity index (χ4v) is 3.79. The number of rotatable bonds is 5. The van der Waals surface area contributed by atoms with Gasteiger partial charge in [0.25, 0.3) is 0 Å². The van der Waals surface area contributed by atoms with Crippen LogP contribution in [0.4, 0.5) is 0 Å². The smallest absolute Gasteiger partial charge is 0.0488 e. The van der Waals surface area contributed by atoms with Crippen LogP contribution < -0.4 is 5.73 Å². The van der Waals surface area contributed by atoms with Gasteiger partial charge in [0.1, 0.15) is 0 Å². The lowest BCUT2D eigenvalue weighted by molar-refractivity contribution is 0.353. The molecular weight excluding hydrogens is 270 g/mol. The highest BCUT2D eigenvalue weighted by molar-refractivity contribution is 5.87. The molecule has 3 heteroatoms. The lowest BCUT2D eigenvalue weighted by Crippen LogP contribution is -2.21. The second-order valence-corrected chi connectivity index (χ2v) is 6.90. The molecule has 0 saturated heterocycles. The molecule has 0 saturated carbocycles. The highest BCUT2D eigenvalue weighted by Crippen LogP contribution is 2.33. The van der Waals surface area contributed by atoms with E-state index in [1.165, 1.54) is 39.7 Å². The van der Waals surface area contributed by atoms with Gasteiger partial charge in [-0.1, -0.05) is 13.8 Å². The molecule has 0 bridgehead atoms. The van der Waals surface area contributed by atoms with Gasteiger partial charge in [-0.2, -0.15) is 0 Å². The van der Waals surface area contributed by atoms with Crippen molar-refractivity contribution >= 4 is 10.9 Å². The van der Waals surface area contributed by atoms with Gasteiger partial charge in [0.15, 0.2) is 0 Å². The predicted molar refractivity (Wildman–Crippen MR) is 94.1 cm³/mol. The minimum atomic E-state index is 0.260. The molecule has 2 N–H and O–H groups in total. The Morgan fingerprint density at radius 1 is 1.18 bits per heavy atom. The summed E-state index contributed by atoms with van der Waals surface area (Å²) in [6.45, 7) is 9.94. The number of hydrogen-bond donors (Lipinski definition) is 1. The molecule has 0 aliphatic carbocycles. The molecule has 0 radical (unpaired) electrons. The van der Waals surface area contributed by atoms with Gasteiger partial charge in [-0.25, -0.2) is 0 Å². The van der Waals surface area contributed by atoms with Crippen LogP contribution in [-0.4, -0.2) is 22.6 Å². The van der Waals surface area contributed by atoms with Crippen LogP contribution in [0.2, 0.25) is 0 Å². The van der Waals surface area contributed by atoms with Crippen LogP contribution in [0.25, 0.3) is 10.9 Å². The third kappa shape index (κ3) is 2.57. The number of aryl methyl sites for hydroxylation is 1. The molecule has 0 amide bonds. The van der Waals surface area contributed by atoms with E-state index in [-0.39, 0.29) is 6.04 Å². The van der Waals surface area contributed by atoms with Crippen molar-refractivity contribution in [2.24, 2.45) is 5.73 Å². The van der Waals surface area contributed by atoms with Gasteiger partial charge in [0.2, 0.25) is 0 Å². The molecule has 1 aromatic heterocycles. The summed E-state index contributed by atoms with van der Waals surface area (Å²) in [6.07, 6.45) is 3.19. The van der Waals surface area contributed by atoms with Crippen molar-refractivity contribution in [2.75, 3.05) is 7.05 Å². The summed E-state index contributed by atoms with van der Waals surface area (Å²) < 4.78 is 2.51. The molecule has 1 unspecified atom stereocenters. The largest absolute Gasteiger partial charge is 0.345 e. The second-order valence-electron chi connectivity index (χ2n) is 6.90. The van der Waals surface area contributed by atoms with Crippen LogP contribution in [0.1, 0.15) is 49.1 Å². The van der Waals surface area contributed by atoms with Crippen LogP contribution in [0.5, 0.6) is 0 Å². The van der Waals surface area contributed by atoms with E-state index in [0.717, 1.165) is 32.5 Å². The number of nitrogens with zero attached hydrogens (tertiary/aromatic N) is 2. The average Bonchev–Trinajstić information content (AvgIpc) is 2.97. The second kappa shape index (κ2) is 6.05. The predicted octanol–water partition coefficient (Wildman–Crippen LogP) is 3.58. The standard InChI is InChI=1S/C19H29N3/c1-5-7-22-13(3)17(10-16(20)6-2)18-8-14-11-21(4)12-15(14)9-19(18)22/h8-9,16H,5-7,10-12,20H2,1-4H3. The van der Waals surface area contributed by atoms with Gasteiger partial charge >= 0.3 is 0 Å². The zero-order chi connectivity index (χ0) is 15.9. The van der Waals surface area contributed by atoms with E-state index in [2.05, 4.69) is 49.4 Å². The minimum Gasteiger partial charge on any atom is -0.345 e. The summed E-state index contributed by atoms with van der Waals surface area (Å²) in [6, 6.07) is 5.12. The van der Waals surface area contributed by atoms with Crippen molar-refractivity contribution in [2.45, 2.75) is 65.7 Å². The van der Waals surface area contributed by atoms with Gasteiger partial charge in [0.05, 0.1) is 0 Å². The Labute approximate surface area is 134 Å². The summed E-state index contributed by atoms with van der Waals surface area (Å²) in [5.41, 5.74) is 13.5. The third-order valence-electron chi connectivity index (χ3n) is 5.09. The van der Waals surface area contributed by atoms with Crippen LogP contribution in [0.3, 0.4) is 0 Å². The van der Waals surface area contributed by atoms with E-state index >= 15 is 0 Å². The molecule has 1 aromatic carbocycles. The van der Waals surface area contributed by atoms with Crippen LogP contribution in [0.15, 0.2) is 12.1 Å². The summed E-state index contributed by atoms with van der Waals surface area (Å²) >= 11 is 0. The molecule has 22 heavy (non-hydrogen) atoms. The normalized spacial score (nSPS) is 16.4. The van der Waals surface area contributed by atoms with Gasteiger partial charge in [-0.3, -0.25) is 4.90 Å². The number of fused-ring (bicyclic) bond motifs is 2. The Balaban J connectivity index is 2.17. The van der Waals surface area contributed by atoms with Crippen molar-refractivity contribution in [3.63, 3.8) is 0 Å². The van der Waals surface area contributed by atoms with Crippen LogP contribution >= 0.6 is 0 Å². The number of hydrogen-bond acceptors (Lipinski definition) is 2. The molecule has 2 aromatic rings. The number of benzene rings is 1. The SMILES string of the molecule is CCCn1c(C)c(CC(N)CC)c2cc3c(cc21)CN(C)C3. The van der Waals surface area contributed by atoms with Crippen molar-refractivity contribution in [1.82, 2.24) is 9.47 Å². The molecular formula is C19H29N3. The Morgan fingerprint density at radius 3 is 2.50 bits per heavy atom. The maximum Gasteiger partial charge on any atom is 0.0488 e. The fourth-order valence-electron chi connectivity index (χ4n) is 3.79. The quantitative estimate of drug-likeness (QED) is 0.915. The summed E-state index contributed by atoms with van der Waals surface area (Å²) in [5, 5.41) is 1.43. The molecule has 1 aliphatic rings. The summed E-state index contributed by atoms with van der Waals surface area (Å²) in [5.74, 6) is 0. The molecule has 0 fully saturated rings. The first kappa shape index (κ1) is 15.6. The summed E-state index contributed by atoms with van der Waals surface area (Å²) in [7, 11) is 2.20. The highest BCUT2D eigenvalue weighted by Gasteiger charge is 2.21. The van der Waals surface area contributed by atoms with Crippen molar-refractivity contribution < 1.29 is 0 Å². The van der Waals surface area contributed by atoms with E-state index in [9.17, 15) is 0 Å². The average molecular weight is 299 g/mol. The van der Waals surface area contributed by atoms with Gasteiger partial charge in [-0.15, -0.1) is 0 Å². The Bertz CT molecular complexity index is 684. The molecule has 2 heterocycles. The first-order chi connectivity index (χ1) is 10.5. The molecule has 1 atom stereocenters. The van der Waals surface area contributed by atoms with Gasteiger partial charge in [-0.05, 0) is 62.1 Å². The van der Waals surface area contributed by atoms with Crippen LogP contribution in [0, 0.1) is 6.92 Å². The minimum absolute atomic E-state index is 0.260. The number of aromatic nitrogens is 1. The molecule has 120 valence electrons. The molecule has 1 aliphatic heterocycles. The molecule has 3 rings (SSSR count). The monoisotopic (exact) mass is 299 g/mol. The lowest BCUT2D eigenvalue weighted by Gasteiger charge is -2.10. The first-order valence-corrected chi connectivity index (χ1v) is 8.62. The Kier molecular flexibility index (Phi) is 4.28. The maximum atomic E-state index is 6.27. The van der Waals surface area contributed by atoms with E-state index in [1.807, 2.05) is 0 Å². The zero-order valence-corrected chi connectivity index (χ0v) is 14.4. The van der Waals surface area contributed by atoms with E-state index in [4.69, 9.17) is 5.73 Å². The van der Waals surface area contributed by atoms with Crippen molar-refractivity contribution in [1.29, 1.82) is 0 Å². The number of nitrogens with two attached hydrogens (primary N) is 1. The van der Waals surface area contributed by atoms with Gasteiger partial charge in [0, 0.05) is 42.3 Å². The Hall–Kier alpha value is -1.32. The van der Waals surface area contributed by atoms with E-state index in [0.29, 0.717) is 0 Å². The fraction of sp³-hybridized carbons (Fsp3) is 0.579. The van der Waals surface area contributed by atoms with E-state index < -0.39 is 0 Å².